The number of nitrogens with one attached hydrogen (secondary N) is 1. The van der Waals surface area contributed by atoms with Crippen molar-refractivity contribution in [2.75, 3.05) is 12.8 Å². The van der Waals surface area contributed by atoms with E-state index < -0.39 is 17.6 Å². The number of alkyl halides is 3. The fourth-order valence-corrected chi connectivity index (χ4v) is 1.09. The summed E-state index contributed by atoms with van der Waals surface area (Å²) in [5, 5.41) is 2.23. The maximum Gasteiger partial charge on any atom is 0.416 e. The van der Waals surface area contributed by atoms with Gasteiger partial charge in [0.15, 0.2) is 0 Å². The van der Waals surface area contributed by atoms with Gasteiger partial charge < -0.3 is 11.1 Å². The Morgan fingerprint density at radius 1 is 1.31 bits per heavy atom. The Morgan fingerprint density at radius 3 is 2.31 bits per heavy atom. The number of carbonyl (C=O) groups excluding carboxylic acids is 1. The van der Waals surface area contributed by atoms with Gasteiger partial charge in [-0.1, -0.05) is 0 Å². The van der Waals surface area contributed by atoms with E-state index >= 15 is 0 Å². The van der Waals surface area contributed by atoms with Crippen LogP contribution >= 0.6 is 12.4 Å². The predicted octanol–water partition coefficient (Wildman–Crippen LogP) is 2.07. The molecule has 3 N–H and O–H groups in total. The zero-order valence-electron chi connectivity index (χ0n) is 8.26. The molecule has 0 aliphatic rings. The summed E-state index contributed by atoms with van der Waals surface area (Å²) in [6.45, 7) is 0. The molecule has 0 bridgehead atoms. The highest BCUT2D eigenvalue weighted by Gasteiger charge is 2.31. The van der Waals surface area contributed by atoms with Crippen LogP contribution in [0.3, 0.4) is 0 Å². The van der Waals surface area contributed by atoms with E-state index in [1.54, 1.807) is 0 Å². The molecule has 0 heterocycles. The first kappa shape index (κ1) is 14.6. The zero-order valence-corrected chi connectivity index (χ0v) is 9.08. The molecule has 0 atom stereocenters. The van der Waals surface area contributed by atoms with Crippen LogP contribution in [0, 0.1) is 0 Å². The topological polar surface area (TPSA) is 55.1 Å². The number of anilines is 1. The summed E-state index contributed by atoms with van der Waals surface area (Å²) >= 11 is 0. The normalized spacial score (nSPS) is 10.5. The van der Waals surface area contributed by atoms with Gasteiger partial charge in [-0.25, -0.2) is 0 Å². The second-order valence-electron chi connectivity index (χ2n) is 2.92. The van der Waals surface area contributed by atoms with E-state index in [0.717, 1.165) is 12.1 Å². The molecular formula is C9H10ClF3N2O. The number of amides is 1. The van der Waals surface area contributed by atoms with Gasteiger partial charge in [0.05, 0.1) is 5.56 Å². The first-order valence-electron chi connectivity index (χ1n) is 4.04. The Morgan fingerprint density at radius 2 is 1.88 bits per heavy atom. The fraction of sp³-hybridized carbons (Fsp3) is 0.222. The summed E-state index contributed by atoms with van der Waals surface area (Å²) in [5.41, 5.74) is 4.14. The predicted molar refractivity (Wildman–Crippen MR) is 56.5 cm³/mol. The van der Waals surface area contributed by atoms with Gasteiger partial charge in [-0.3, -0.25) is 4.79 Å². The van der Waals surface area contributed by atoms with Crippen molar-refractivity contribution in [3.05, 3.63) is 29.3 Å². The van der Waals surface area contributed by atoms with Crippen LogP contribution in [0.4, 0.5) is 18.9 Å². The molecule has 0 aliphatic heterocycles. The van der Waals surface area contributed by atoms with E-state index in [2.05, 4.69) is 5.32 Å². The number of hydrogen-bond donors (Lipinski definition) is 2. The van der Waals surface area contributed by atoms with Gasteiger partial charge in [-0.05, 0) is 18.2 Å². The minimum Gasteiger partial charge on any atom is -0.399 e. The van der Waals surface area contributed by atoms with Crippen LogP contribution in [0.5, 0.6) is 0 Å². The van der Waals surface area contributed by atoms with Crippen LogP contribution in [0.15, 0.2) is 18.2 Å². The van der Waals surface area contributed by atoms with E-state index in [9.17, 15) is 18.0 Å². The molecule has 0 aliphatic carbocycles. The third-order valence-corrected chi connectivity index (χ3v) is 1.77. The minimum atomic E-state index is -4.50. The number of carbonyl (C=O) groups is 1. The molecule has 0 radical (unpaired) electrons. The Hall–Kier alpha value is -1.43. The molecule has 1 aromatic rings. The number of nitrogens with two attached hydrogens (primary N) is 1. The van der Waals surface area contributed by atoms with Gasteiger partial charge in [-0.2, -0.15) is 13.2 Å². The zero-order chi connectivity index (χ0) is 11.6. The van der Waals surface area contributed by atoms with Crippen molar-refractivity contribution in [1.82, 2.24) is 5.32 Å². The van der Waals surface area contributed by atoms with E-state index in [1.807, 2.05) is 0 Å². The third kappa shape index (κ3) is 3.30. The highest BCUT2D eigenvalue weighted by molar-refractivity contribution is 5.95. The van der Waals surface area contributed by atoms with E-state index in [1.165, 1.54) is 13.1 Å². The van der Waals surface area contributed by atoms with Crippen molar-refractivity contribution in [2.24, 2.45) is 0 Å². The Balaban J connectivity index is 0.00000225. The summed E-state index contributed by atoms with van der Waals surface area (Å²) in [5.74, 6) is -0.604. The largest absolute Gasteiger partial charge is 0.416 e. The number of benzene rings is 1. The second-order valence-corrected chi connectivity index (χ2v) is 2.92. The van der Waals surface area contributed by atoms with Crippen LogP contribution in [0.25, 0.3) is 0 Å². The van der Waals surface area contributed by atoms with Crippen LogP contribution in [-0.4, -0.2) is 13.0 Å². The molecule has 0 aromatic heterocycles. The molecule has 0 spiro atoms. The first-order valence-corrected chi connectivity index (χ1v) is 4.04. The lowest BCUT2D eigenvalue weighted by Crippen LogP contribution is -2.19. The average Bonchev–Trinajstić information content (AvgIpc) is 2.14. The van der Waals surface area contributed by atoms with Crippen molar-refractivity contribution in [1.29, 1.82) is 0 Å². The number of nitrogen functional groups attached to an aromatic ring is 1. The van der Waals surface area contributed by atoms with Gasteiger partial charge in [-0.15, -0.1) is 12.4 Å². The molecule has 1 aromatic carbocycles. The maximum absolute atomic E-state index is 12.3. The number of rotatable bonds is 1. The highest BCUT2D eigenvalue weighted by Crippen LogP contribution is 2.31. The maximum atomic E-state index is 12.3. The molecular weight excluding hydrogens is 245 g/mol. The van der Waals surface area contributed by atoms with Crippen molar-refractivity contribution >= 4 is 24.0 Å². The number of halogens is 4. The molecule has 0 saturated carbocycles. The van der Waals surface area contributed by atoms with Crippen molar-refractivity contribution < 1.29 is 18.0 Å². The highest BCUT2D eigenvalue weighted by atomic mass is 35.5. The van der Waals surface area contributed by atoms with Gasteiger partial charge in [0.25, 0.3) is 5.91 Å². The fourth-order valence-electron chi connectivity index (χ4n) is 1.09. The third-order valence-electron chi connectivity index (χ3n) is 1.77. The summed E-state index contributed by atoms with van der Waals surface area (Å²) in [6, 6.07) is 2.73. The average molecular weight is 255 g/mol. The lowest BCUT2D eigenvalue weighted by Gasteiger charge is -2.09. The Kier molecular flexibility index (Phi) is 4.61. The smallest absolute Gasteiger partial charge is 0.399 e. The quantitative estimate of drug-likeness (QED) is 0.754. The van der Waals surface area contributed by atoms with Crippen LogP contribution in [0.1, 0.15) is 15.9 Å². The summed E-state index contributed by atoms with van der Waals surface area (Å²) < 4.78 is 37.0. The van der Waals surface area contributed by atoms with E-state index in [0.29, 0.717) is 0 Å². The standard InChI is InChI=1S/C9H9F3N2O.ClH/c1-14-8(15)5-2-6(9(10,11)12)4-7(13)3-5;/h2-4H,13H2,1H3,(H,14,15);1H. The number of hydrogen-bond acceptors (Lipinski definition) is 2. The van der Waals surface area contributed by atoms with E-state index in [4.69, 9.17) is 5.73 Å². The first-order chi connectivity index (χ1) is 6.84. The molecule has 1 rings (SSSR count). The molecule has 0 unspecified atom stereocenters. The Bertz CT molecular complexity index is 393. The summed E-state index contributed by atoms with van der Waals surface area (Å²) in [4.78, 5) is 11.1. The van der Waals surface area contributed by atoms with Crippen LogP contribution in [-0.2, 0) is 6.18 Å². The van der Waals surface area contributed by atoms with Crippen LogP contribution in [0.2, 0.25) is 0 Å². The monoisotopic (exact) mass is 254 g/mol. The summed E-state index contributed by atoms with van der Waals surface area (Å²) in [6.07, 6.45) is -4.50. The second kappa shape index (κ2) is 5.07. The van der Waals surface area contributed by atoms with Gasteiger partial charge >= 0.3 is 6.18 Å². The van der Waals surface area contributed by atoms with Crippen molar-refractivity contribution in [2.45, 2.75) is 6.18 Å². The van der Waals surface area contributed by atoms with Crippen molar-refractivity contribution in [3.63, 3.8) is 0 Å². The molecule has 16 heavy (non-hydrogen) atoms. The Labute approximate surface area is 96.2 Å². The lowest BCUT2D eigenvalue weighted by atomic mass is 10.1. The molecule has 0 saturated heterocycles. The molecule has 1 amide bonds. The SMILES string of the molecule is CNC(=O)c1cc(N)cc(C(F)(F)F)c1.Cl. The van der Waals surface area contributed by atoms with Gasteiger partial charge in [0.1, 0.15) is 0 Å². The van der Waals surface area contributed by atoms with E-state index in [-0.39, 0.29) is 23.7 Å². The van der Waals surface area contributed by atoms with Gasteiger partial charge in [0, 0.05) is 18.3 Å². The minimum absolute atomic E-state index is 0. The molecule has 7 heteroatoms. The lowest BCUT2D eigenvalue weighted by molar-refractivity contribution is -0.137. The molecule has 90 valence electrons. The van der Waals surface area contributed by atoms with Gasteiger partial charge in [0.2, 0.25) is 0 Å². The van der Waals surface area contributed by atoms with Crippen molar-refractivity contribution in [3.8, 4) is 0 Å². The molecule has 3 nitrogen and oxygen atoms in total. The van der Waals surface area contributed by atoms with Crippen LogP contribution < -0.4 is 11.1 Å². The molecule has 0 fully saturated rings. The summed E-state index contributed by atoms with van der Waals surface area (Å²) in [7, 11) is 1.33.